The monoisotopic (exact) mass is 462 g/mol. The number of anilines is 1. The zero-order valence-corrected chi connectivity index (χ0v) is 18.9. The Hall–Kier alpha value is -4.33. The Kier molecular flexibility index (Phi) is 6.49. The van der Waals surface area contributed by atoms with Crippen molar-refractivity contribution in [3.8, 4) is 17.2 Å². The van der Waals surface area contributed by atoms with Crippen molar-refractivity contribution < 1.29 is 28.2 Å². The lowest BCUT2D eigenvalue weighted by atomic mass is 10.0. The number of imide groups is 1. The molecule has 1 aliphatic heterocycles. The zero-order chi connectivity index (χ0) is 24.2. The first-order valence-electron chi connectivity index (χ1n) is 10.4. The molecule has 7 nitrogen and oxygen atoms in total. The number of nitrogens with one attached hydrogen (secondary N) is 1. The Bertz CT molecular complexity index is 1270. The lowest BCUT2D eigenvalue weighted by molar-refractivity contribution is -0.137. The van der Waals surface area contributed by atoms with Crippen LogP contribution in [0, 0.1) is 5.82 Å². The van der Waals surface area contributed by atoms with Crippen molar-refractivity contribution in [2.45, 2.75) is 6.54 Å². The summed E-state index contributed by atoms with van der Waals surface area (Å²) in [5.41, 5.74) is 1.55. The van der Waals surface area contributed by atoms with E-state index in [1.54, 1.807) is 67.8 Å². The molecule has 1 N–H and O–H groups in total. The molecule has 2 amide bonds. The maximum Gasteiger partial charge on any atom is 0.278 e. The number of benzene rings is 3. The molecule has 0 radical (unpaired) electrons. The molecule has 0 saturated carbocycles. The van der Waals surface area contributed by atoms with Gasteiger partial charge >= 0.3 is 0 Å². The summed E-state index contributed by atoms with van der Waals surface area (Å²) in [6.45, 7) is -0.193. The van der Waals surface area contributed by atoms with E-state index < -0.39 is 17.6 Å². The highest BCUT2D eigenvalue weighted by Gasteiger charge is 2.39. The number of carbonyl (C=O) groups excluding carboxylic acids is 2. The van der Waals surface area contributed by atoms with E-state index in [9.17, 15) is 14.0 Å². The number of halogens is 1. The molecular formula is C26H23FN2O5. The number of amides is 2. The second kappa shape index (κ2) is 9.66. The summed E-state index contributed by atoms with van der Waals surface area (Å²) in [4.78, 5) is 27.9. The van der Waals surface area contributed by atoms with Gasteiger partial charge in [0.1, 0.15) is 17.3 Å². The van der Waals surface area contributed by atoms with Crippen molar-refractivity contribution in [3.63, 3.8) is 0 Å². The first kappa shape index (κ1) is 22.8. The maximum atomic E-state index is 14.3. The van der Waals surface area contributed by atoms with E-state index in [-0.39, 0.29) is 23.4 Å². The van der Waals surface area contributed by atoms with E-state index in [4.69, 9.17) is 14.2 Å². The Morgan fingerprint density at radius 3 is 2.18 bits per heavy atom. The minimum absolute atomic E-state index is 0.0822. The van der Waals surface area contributed by atoms with E-state index in [1.807, 2.05) is 0 Å². The molecule has 3 aromatic rings. The van der Waals surface area contributed by atoms with Crippen LogP contribution in [0.3, 0.4) is 0 Å². The summed E-state index contributed by atoms with van der Waals surface area (Å²) in [5, 5.41) is 3.06. The van der Waals surface area contributed by atoms with E-state index in [1.165, 1.54) is 20.3 Å². The van der Waals surface area contributed by atoms with E-state index in [0.29, 0.717) is 28.5 Å². The lowest BCUT2D eigenvalue weighted by Gasteiger charge is -2.16. The van der Waals surface area contributed by atoms with Crippen molar-refractivity contribution in [2.75, 3.05) is 26.6 Å². The fourth-order valence-corrected chi connectivity index (χ4v) is 3.72. The van der Waals surface area contributed by atoms with Crippen molar-refractivity contribution in [1.82, 2.24) is 4.90 Å². The fraction of sp³-hybridized carbons (Fsp3) is 0.154. The highest BCUT2D eigenvalue weighted by atomic mass is 19.1. The second-order valence-electron chi connectivity index (χ2n) is 7.46. The van der Waals surface area contributed by atoms with Gasteiger partial charge in [-0.1, -0.05) is 30.3 Å². The van der Waals surface area contributed by atoms with Gasteiger partial charge in [-0.15, -0.1) is 0 Å². The third-order valence-corrected chi connectivity index (χ3v) is 5.49. The summed E-state index contributed by atoms with van der Waals surface area (Å²) < 4.78 is 30.1. The Balaban J connectivity index is 1.75. The molecule has 1 heterocycles. The largest absolute Gasteiger partial charge is 0.497 e. The van der Waals surface area contributed by atoms with Crippen LogP contribution in [0.1, 0.15) is 11.1 Å². The van der Waals surface area contributed by atoms with Gasteiger partial charge in [0, 0.05) is 17.3 Å². The van der Waals surface area contributed by atoms with Crippen LogP contribution >= 0.6 is 0 Å². The van der Waals surface area contributed by atoms with Crippen molar-refractivity contribution in [1.29, 1.82) is 0 Å². The molecule has 34 heavy (non-hydrogen) atoms. The highest BCUT2D eigenvalue weighted by molar-refractivity contribution is 6.36. The third kappa shape index (κ3) is 4.30. The molecule has 0 aliphatic carbocycles. The summed E-state index contributed by atoms with van der Waals surface area (Å²) in [7, 11) is 4.57. The third-order valence-electron chi connectivity index (χ3n) is 5.49. The molecule has 0 unspecified atom stereocenters. The predicted octanol–water partition coefficient (Wildman–Crippen LogP) is 4.24. The first-order valence-corrected chi connectivity index (χ1v) is 10.4. The molecular weight excluding hydrogens is 439 g/mol. The number of nitrogens with zero attached hydrogens (tertiary/aromatic N) is 1. The molecule has 0 saturated heterocycles. The lowest BCUT2D eigenvalue weighted by Crippen LogP contribution is -2.32. The van der Waals surface area contributed by atoms with Gasteiger partial charge in [0.05, 0.1) is 33.4 Å². The minimum atomic E-state index is -0.561. The van der Waals surface area contributed by atoms with Gasteiger partial charge in [-0.3, -0.25) is 14.5 Å². The Morgan fingerprint density at radius 2 is 1.53 bits per heavy atom. The average Bonchev–Trinajstić information content (AvgIpc) is 3.09. The van der Waals surface area contributed by atoms with E-state index in [0.717, 1.165) is 4.90 Å². The zero-order valence-electron chi connectivity index (χ0n) is 18.9. The van der Waals surface area contributed by atoms with Gasteiger partial charge in [0.25, 0.3) is 11.8 Å². The fourth-order valence-electron chi connectivity index (χ4n) is 3.72. The number of hydrogen-bond acceptors (Lipinski definition) is 6. The van der Waals surface area contributed by atoms with Gasteiger partial charge in [-0.05, 0) is 35.9 Å². The SMILES string of the molecule is COc1ccc(C2=C(Nc3ccc(OC)c(OC)c3)C(=O)N(Cc3ccccc3F)C2=O)cc1. The van der Waals surface area contributed by atoms with Crippen molar-refractivity contribution >= 4 is 23.1 Å². The Labute approximate surface area is 196 Å². The van der Waals surface area contributed by atoms with E-state index >= 15 is 0 Å². The maximum absolute atomic E-state index is 14.3. The molecule has 174 valence electrons. The van der Waals surface area contributed by atoms with Gasteiger partial charge in [-0.2, -0.15) is 0 Å². The average molecular weight is 462 g/mol. The number of ether oxygens (including phenoxy) is 3. The first-order chi connectivity index (χ1) is 16.5. The van der Waals surface area contributed by atoms with Crippen LogP contribution in [0.5, 0.6) is 17.2 Å². The quantitative estimate of drug-likeness (QED) is 0.505. The van der Waals surface area contributed by atoms with Crippen LogP contribution in [0.4, 0.5) is 10.1 Å². The molecule has 0 fully saturated rings. The van der Waals surface area contributed by atoms with Gasteiger partial charge in [-0.25, -0.2) is 4.39 Å². The molecule has 0 atom stereocenters. The molecule has 0 aromatic heterocycles. The normalized spacial score (nSPS) is 13.4. The van der Waals surface area contributed by atoms with Crippen LogP contribution in [0.2, 0.25) is 0 Å². The van der Waals surface area contributed by atoms with Gasteiger partial charge in [0.15, 0.2) is 11.5 Å². The van der Waals surface area contributed by atoms with Crippen LogP contribution in [0.15, 0.2) is 72.4 Å². The summed E-state index contributed by atoms with van der Waals surface area (Å²) in [6, 6.07) is 17.9. The Morgan fingerprint density at radius 1 is 0.824 bits per heavy atom. The van der Waals surface area contributed by atoms with Crippen LogP contribution in [-0.4, -0.2) is 38.0 Å². The minimum Gasteiger partial charge on any atom is -0.497 e. The summed E-state index contributed by atoms with van der Waals surface area (Å²) >= 11 is 0. The van der Waals surface area contributed by atoms with Gasteiger partial charge < -0.3 is 19.5 Å². The second-order valence-corrected chi connectivity index (χ2v) is 7.46. The smallest absolute Gasteiger partial charge is 0.278 e. The molecule has 0 bridgehead atoms. The van der Waals surface area contributed by atoms with Crippen molar-refractivity contribution in [3.05, 3.63) is 89.4 Å². The van der Waals surface area contributed by atoms with Crippen LogP contribution in [-0.2, 0) is 16.1 Å². The number of hydrogen-bond donors (Lipinski definition) is 1. The number of carbonyl (C=O) groups is 2. The number of rotatable bonds is 8. The molecule has 3 aromatic carbocycles. The summed E-state index contributed by atoms with van der Waals surface area (Å²) in [5.74, 6) is 0.0101. The van der Waals surface area contributed by atoms with Crippen LogP contribution < -0.4 is 19.5 Å². The molecule has 4 rings (SSSR count). The predicted molar refractivity (Wildman–Crippen MR) is 125 cm³/mol. The summed E-state index contributed by atoms with van der Waals surface area (Å²) in [6.07, 6.45) is 0. The topological polar surface area (TPSA) is 77.1 Å². The highest BCUT2D eigenvalue weighted by Crippen LogP contribution is 2.35. The molecule has 1 aliphatic rings. The van der Waals surface area contributed by atoms with Crippen molar-refractivity contribution in [2.24, 2.45) is 0 Å². The standard InChI is InChI=1S/C26H23FN2O5/c1-32-19-11-8-16(9-12-19)23-24(28-18-10-13-21(33-2)22(14-18)34-3)26(31)29(25(23)30)15-17-6-4-5-7-20(17)27/h4-14,28H,15H2,1-3H3. The molecule has 8 heteroatoms. The van der Waals surface area contributed by atoms with Crippen LogP contribution in [0.25, 0.3) is 5.57 Å². The molecule has 0 spiro atoms. The van der Waals surface area contributed by atoms with Gasteiger partial charge in [0.2, 0.25) is 0 Å². The van der Waals surface area contributed by atoms with E-state index in [2.05, 4.69) is 5.32 Å². The number of methoxy groups -OCH3 is 3.